The van der Waals surface area contributed by atoms with Gasteiger partial charge in [-0.05, 0) is 106 Å². The van der Waals surface area contributed by atoms with Gasteiger partial charge >= 0.3 is 0 Å². The van der Waals surface area contributed by atoms with Crippen LogP contribution in [0.1, 0.15) is 0 Å². The van der Waals surface area contributed by atoms with E-state index in [0.717, 1.165) is 0 Å². The van der Waals surface area contributed by atoms with Crippen molar-refractivity contribution >= 4 is 106 Å². The van der Waals surface area contributed by atoms with Gasteiger partial charge in [0.1, 0.15) is 0 Å². The zero-order valence-electron chi connectivity index (χ0n) is 32.4. The van der Waals surface area contributed by atoms with Crippen LogP contribution in [0.5, 0.6) is 0 Å². The number of hydrogen-bond donors (Lipinski definition) is 0. The summed E-state index contributed by atoms with van der Waals surface area (Å²) in [5.74, 6) is 0. The molecule has 13 aromatic rings. The molecule has 0 fully saturated rings. The average molecular weight is 795 g/mol. The van der Waals surface area contributed by atoms with Gasteiger partial charge in [0.15, 0.2) is 0 Å². The lowest BCUT2D eigenvalue weighted by atomic mass is 9.84. The molecule has 0 radical (unpaired) electrons. The van der Waals surface area contributed by atoms with Gasteiger partial charge in [-0.3, -0.25) is 0 Å². The molecule has 60 heavy (non-hydrogen) atoms. The molecule has 0 spiro atoms. The average Bonchev–Trinajstić information content (AvgIpc) is 3.89. The Balaban J connectivity index is 1.06. The molecule has 0 amide bonds. The highest BCUT2D eigenvalue weighted by Gasteiger charge is 2.22. The Morgan fingerprint density at radius 3 is 1.28 bits per heavy atom. The van der Waals surface area contributed by atoms with Crippen LogP contribution in [-0.4, -0.2) is 0 Å². The van der Waals surface area contributed by atoms with E-state index in [9.17, 15) is 0 Å². The minimum absolute atomic E-state index is 1.24. The second kappa shape index (κ2) is 13.2. The Kier molecular flexibility index (Phi) is 7.45. The molecule has 13 rings (SSSR count). The van der Waals surface area contributed by atoms with Gasteiger partial charge in [-0.25, -0.2) is 0 Å². The second-order valence-corrected chi connectivity index (χ2v) is 18.0. The van der Waals surface area contributed by atoms with E-state index in [-0.39, 0.29) is 0 Å². The van der Waals surface area contributed by atoms with Crippen LogP contribution in [-0.2, 0) is 0 Å². The topological polar surface area (TPSA) is 0 Å². The normalized spacial score (nSPS) is 12.0. The molecule has 0 aliphatic carbocycles. The van der Waals surface area contributed by atoms with Crippen molar-refractivity contribution in [1.82, 2.24) is 0 Å². The first-order chi connectivity index (χ1) is 29.8. The molecule has 0 aliphatic rings. The van der Waals surface area contributed by atoms with Crippen LogP contribution >= 0.6 is 22.7 Å². The Hall–Kier alpha value is -7.10. The van der Waals surface area contributed by atoms with E-state index in [4.69, 9.17) is 0 Å². The summed E-state index contributed by atoms with van der Waals surface area (Å²) in [7, 11) is 0. The van der Waals surface area contributed by atoms with Crippen LogP contribution in [0, 0.1) is 0 Å². The molecule has 0 bridgehead atoms. The molecule has 11 aromatic carbocycles. The van der Waals surface area contributed by atoms with E-state index in [0.29, 0.717) is 0 Å². The third-order valence-corrected chi connectivity index (χ3v) is 15.0. The molecule has 278 valence electrons. The lowest BCUT2D eigenvalue weighted by molar-refractivity contribution is 1.66. The first-order valence-electron chi connectivity index (χ1n) is 20.6. The van der Waals surface area contributed by atoms with E-state index >= 15 is 0 Å². The summed E-state index contributed by atoms with van der Waals surface area (Å²) >= 11 is 3.80. The zero-order valence-corrected chi connectivity index (χ0v) is 34.1. The van der Waals surface area contributed by atoms with Crippen LogP contribution in [0.25, 0.3) is 128 Å². The quantitative estimate of drug-likeness (QED) is 0.156. The van der Waals surface area contributed by atoms with E-state index < -0.39 is 0 Å². The molecule has 0 nitrogen and oxygen atoms in total. The Morgan fingerprint density at radius 2 is 0.667 bits per heavy atom. The fourth-order valence-electron chi connectivity index (χ4n) is 10.2. The number of hydrogen-bond acceptors (Lipinski definition) is 2. The van der Waals surface area contributed by atoms with Gasteiger partial charge in [0.25, 0.3) is 0 Å². The molecule has 0 N–H and O–H groups in total. The van der Waals surface area contributed by atoms with E-state index in [1.165, 1.54) is 128 Å². The maximum Gasteiger partial charge on any atom is 0.0434 e. The highest BCUT2D eigenvalue weighted by atomic mass is 32.1. The Morgan fingerprint density at radius 1 is 0.233 bits per heavy atom. The van der Waals surface area contributed by atoms with Crippen molar-refractivity contribution in [1.29, 1.82) is 0 Å². The first-order valence-corrected chi connectivity index (χ1v) is 22.2. The second-order valence-electron chi connectivity index (χ2n) is 15.8. The molecule has 2 heterocycles. The molecule has 0 atom stereocenters. The van der Waals surface area contributed by atoms with Crippen molar-refractivity contribution in [3.8, 4) is 44.5 Å². The molecule has 0 saturated heterocycles. The minimum Gasteiger partial charge on any atom is -0.135 e. The smallest absolute Gasteiger partial charge is 0.0434 e. The van der Waals surface area contributed by atoms with Crippen molar-refractivity contribution in [3.05, 3.63) is 206 Å². The number of rotatable bonds is 4. The van der Waals surface area contributed by atoms with Crippen molar-refractivity contribution in [2.45, 2.75) is 0 Å². The van der Waals surface area contributed by atoms with E-state index in [2.05, 4.69) is 206 Å². The Labute approximate surface area is 354 Å². The largest absolute Gasteiger partial charge is 0.135 e. The summed E-state index contributed by atoms with van der Waals surface area (Å²) in [5.41, 5.74) is 10.3. The number of thiophene rings is 2. The highest BCUT2D eigenvalue weighted by molar-refractivity contribution is 7.26. The van der Waals surface area contributed by atoms with Gasteiger partial charge < -0.3 is 0 Å². The third kappa shape index (κ3) is 4.90. The van der Waals surface area contributed by atoms with Gasteiger partial charge in [-0.2, -0.15) is 0 Å². The summed E-state index contributed by atoms with van der Waals surface area (Å²) in [6.07, 6.45) is 0. The van der Waals surface area contributed by atoms with Gasteiger partial charge in [-0.15, -0.1) is 22.7 Å². The summed E-state index contributed by atoms with van der Waals surface area (Å²) in [5, 5.41) is 15.5. The maximum absolute atomic E-state index is 2.46. The fourth-order valence-corrected chi connectivity index (χ4v) is 12.5. The molecule has 2 heteroatoms. The predicted molar refractivity (Wildman–Crippen MR) is 264 cm³/mol. The van der Waals surface area contributed by atoms with Crippen LogP contribution < -0.4 is 0 Å². The molecular weight excluding hydrogens is 761 g/mol. The Bertz CT molecular complexity index is 3770. The molecular formula is C58H34S2. The maximum atomic E-state index is 2.46. The van der Waals surface area contributed by atoms with Gasteiger partial charge in [0.05, 0.1) is 0 Å². The van der Waals surface area contributed by atoms with Crippen molar-refractivity contribution in [2.24, 2.45) is 0 Å². The van der Waals surface area contributed by atoms with Gasteiger partial charge in [0.2, 0.25) is 0 Å². The van der Waals surface area contributed by atoms with Crippen molar-refractivity contribution in [2.75, 3.05) is 0 Å². The van der Waals surface area contributed by atoms with Crippen LogP contribution in [0.15, 0.2) is 206 Å². The third-order valence-electron chi connectivity index (χ3n) is 12.7. The SMILES string of the molecule is c1ccc(-c2c3ccccc3c(-c3ccc4sc5c(-c6c7ccccc7c(-c7cccc8sc9ccccc9c78)c7ccccc67)cccc5c4c3)c3ccccc23)cc1. The predicted octanol–water partition coefficient (Wildman–Crippen LogP) is 17.7. The summed E-state index contributed by atoms with van der Waals surface area (Å²) < 4.78 is 5.29. The summed E-state index contributed by atoms with van der Waals surface area (Å²) in [6.45, 7) is 0. The van der Waals surface area contributed by atoms with Gasteiger partial charge in [-0.1, -0.05) is 182 Å². The lowest BCUT2D eigenvalue weighted by Gasteiger charge is -2.19. The van der Waals surface area contributed by atoms with E-state index in [1.54, 1.807) is 0 Å². The lowest BCUT2D eigenvalue weighted by Crippen LogP contribution is -1.91. The van der Waals surface area contributed by atoms with E-state index in [1.807, 2.05) is 22.7 Å². The number of benzene rings is 11. The van der Waals surface area contributed by atoms with Crippen LogP contribution in [0.2, 0.25) is 0 Å². The fraction of sp³-hybridized carbons (Fsp3) is 0. The molecule has 2 aromatic heterocycles. The van der Waals surface area contributed by atoms with Crippen LogP contribution in [0.3, 0.4) is 0 Å². The number of fused-ring (bicyclic) bond motifs is 10. The minimum atomic E-state index is 1.24. The van der Waals surface area contributed by atoms with Crippen LogP contribution in [0.4, 0.5) is 0 Å². The summed E-state index contributed by atoms with van der Waals surface area (Å²) in [6, 6.07) is 76.8. The molecule has 0 aliphatic heterocycles. The zero-order chi connectivity index (χ0) is 39.3. The highest BCUT2D eigenvalue weighted by Crippen LogP contribution is 2.51. The monoisotopic (exact) mass is 794 g/mol. The molecule has 0 unspecified atom stereocenters. The first kappa shape index (κ1) is 33.8. The standard InChI is InChI=1S/C58H34S2/c1-2-16-35(17-3-1)53-37-18-4-6-20-39(37)54(40-21-7-5-19-38(40)53)36-32-33-51-49(34-36)45-27-14-29-48(58(45)60-51)56-43-24-10-8-22-41(43)55(42-23-9-11-25-44(42)56)47-28-15-31-52-57(47)46-26-12-13-30-50(46)59-52/h1-34H. The van der Waals surface area contributed by atoms with Gasteiger partial charge in [0, 0.05) is 45.9 Å². The van der Waals surface area contributed by atoms with Crippen molar-refractivity contribution in [3.63, 3.8) is 0 Å². The van der Waals surface area contributed by atoms with Crippen molar-refractivity contribution < 1.29 is 0 Å². The summed E-state index contributed by atoms with van der Waals surface area (Å²) in [4.78, 5) is 0. The molecule has 0 saturated carbocycles.